The van der Waals surface area contributed by atoms with E-state index in [0.29, 0.717) is 12.8 Å². The van der Waals surface area contributed by atoms with Crippen LogP contribution in [0.2, 0.25) is 0 Å². The third-order valence-electron chi connectivity index (χ3n) is 4.90. The maximum atomic E-state index is 11.9. The SMILES string of the molecule is O=C1CCC(c2ccc(N3CCN(CCCO)CC3)cc2)C(=O)N1. The molecule has 1 aromatic carbocycles. The Hall–Kier alpha value is -1.92. The van der Waals surface area contributed by atoms with Crippen molar-refractivity contribution in [3.8, 4) is 0 Å². The van der Waals surface area contributed by atoms with E-state index in [1.807, 2.05) is 12.1 Å². The third-order valence-corrected chi connectivity index (χ3v) is 4.90. The number of imide groups is 1. The Bertz CT molecular complexity index is 580. The number of carbonyl (C=O) groups is 2. The predicted octanol–water partition coefficient (Wildman–Crippen LogP) is 0.711. The number of carbonyl (C=O) groups excluding carboxylic acids is 2. The van der Waals surface area contributed by atoms with Gasteiger partial charge in [0.25, 0.3) is 0 Å². The minimum atomic E-state index is -0.216. The lowest BCUT2D eigenvalue weighted by Crippen LogP contribution is -2.46. The van der Waals surface area contributed by atoms with Crippen molar-refractivity contribution in [2.24, 2.45) is 0 Å². The highest BCUT2D eigenvalue weighted by molar-refractivity contribution is 6.00. The van der Waals surface area contributed by atoms with Crippen molar-refractivity contribution in [2.45, 2.75) is 25.2 Å². The van der Waals surface area contributed by atoms with Gasteiger partial charge in [0.05, 0.1) is 5.92 Å². The number of piperazine rings is 1. The molecule has 2 heterocycles. The van der Waals surface area contributed by atoms with Crippen LogP contribution >= 0.6 is 0 Å². The van der Waals surface area contributed by atoms with Crippen LogP contribution in [0.25, 0.3) is 0 Å². The second-order valence-electron chi connectivity index (χ2n) is 6.50. The molecule has 6 heteroatoms. The zero-order valence-electron chi connectivity index (χ0n) is 13.9. The Morgan fingerprint density at radius 1 is 1.08 bits per heavy atom. The van der Waals surface area contributed by atoms with Gasteiger partial charge >= 0.3 is 0 Å². The highest BCUT2D eigenvalue weighted by atomic mass is 16.3. The summed E-state index contributed by atoms with van der Waals surface area (Å²) in [6, 6.07) is 8.16. The molecule has 0 radical (unpaired) electrons. The van der Waals surface area contributed by atoms with E-state index in [2.05, 4.69) is 27.2 Å². The fourth-order valence-corrected chi connectivity index (χ4v) is 3.45. The van der Waals surface area contributed by atoms with E-state index >= 15 is 0 Å². The molecule has 0 aromatic heterocycles. The maximum Gasteiger partial charge on any atom is 0.234 e. The van der Waals surface area contributed by atoms with Crippen molar-refractivity contribution < 1.29 is 14.7 Å². The normalized spacial score (nSPS) is 22.5. The number of aliphatic hydroxyl groups is 1. The molecule has 130 valence electrons. The lowest BCUT2D eigenvalue weighted by atomic mass is 9.90. The molecule has 2 amide bonds. The Balaban J connectivity index is 1.57. The summed E-state index contributed by atoms with van der Waals surface area (Å²) < 4.78 is 0. The van der Waals surface area contributed by atoms with Gasteiger partial charge in [-0.1, -0.05) is 12.1 Å². The highest BCUT2D eigenvalue weighted by Crippen LogP contribution is 2.27. The zero-order chi connectivity index (χ0) is 16.9. The molecule has 3 rings (SSSR count). The molecule has 1 unspecified atom stereocenters. The second-order valence-corrected chi connectivity index (χ2v) is 6.50. The van der Waals surface area contributed by atoms with E-state index < -0.39 is 0 Å². The largest absolute Gasteiger partial charge is 0.396 e. The van der Waals surface area contributed by atoms with Crippen LogP contribution < -0.4 is 10.2 Å². The minimum Gasteiger partial charge on any atom is -0.396 e. The van der Waals surface area contributed by atoms with E-state index in [0.717, 1.165) is 44.7 Å². The van der Waals surface area contributed by atoms with Crippen LogP contribution in [0.3, 0.4) is 0 Å². The summed E-state index contributed by atoms with van der Waals surface area (Å²) in [4.78, 5) is 27.9. The highest BCUT2D eigenvalue weighted by Gasteiger charge is 2.28. The Kier molecular flexibility index (Phi) is 5.48. The number of aliphatic hydroxyl groups excluding tert-OH is 1. The number of amides is 2. The van der Waals surface area contributed by atoms with Gasteiger partial charge in [-0.05, 0) is 30.5 Å². The van der Waals surface area contributed by atoms with Gasteiger partial charge in [-0.25, -0.2) is 0 Å². The first-order valence-corrected chi connectivity index (χ1v) is 8.69. The molecule has 2 aliphatic heterocycles. The summed E-state index contributed by atoms with van der Waals surface area (Å²) in [7, 11) is 0. The molecule has 1 atom stereocenters. The van der Waals surface area contributed by atoms with Gasteiger partial charge in [0.1, 0.15) is 0 Å². The van der Waals surface area contributed by atoms with Crippen LogP contribution in [0, 0.1) is 0 Å². The Morgan fingerprint density at radius 3 is 2.42 bits per heavy atom. The predicted molar refractivity (Wildman–Crippen MR) is 91.9 cm³/mol. The average Bonchev–Trinajstić information content (AvgIpc) is 2.61. The van der Waals surface area contributed by atoms with Gasteiger partial charge < -0.3 is 10.0 Å². The first-order valence-electron chi connectivity index (χ1n) is 8.69. The monoisotopic (exact) mass is 331 g/mol. The topological polar surface area (TPSA) is 72.9 Å². The lowest BCUT2D eigenvalue weighted by Gasteiger charge is -2.36. The molecular weight excluding hydrogens is 306 g/mol. The third kappa shape index (κ3) is 3.94. The van der Waals surface area contributed by atoms with Crippen LogP contribution in [-0.4, -0.2) is 61.2 Å². The maximum absolute atomic E-state index is 11.9. The van der Waals surface area contributed by atoms with Gasteiger partial charge in [-0.3, -0.25) is 19.8 Å². The Labute approximate surface area is 142 Å². The first-order chi connectivity index (χ1) is 11.7. The summed E-state index contributed by atoms with van der Waals surface area (Å²) in [6.07, 6.45) is 1.84. The summed E-state index contributed by atoms with van der Waals surface area (Å²) in [5.74, 6) is -0.574. The fraction of sp³-hybridized carbons (Fsp3) is 0.556. The van der Waals surface area contributed by atoms with Gasteiger partial charge in [0.15, 0.2) is 0 Å². The van der Waals surface area contributed by atoms with Gasteiger partial charge in [0, 0.05) is 51.4 Å². The van der Waals surface area contributed by atoms with Crippen molar-refractivity contribution in [1.29, 1.82) is 0 Å². The second kappa shape index (κ2) is 7.77. The quantitative estimate of drug-likeness (QED) is 0.778. The number of nitrogens with zero attached hydrogens (tertiary/aromatic N) is 2. The Morgan fingerprint density at radius 2 is 1.79 bits per heavy atom. The molecule has 1 aromatic rings. The van der Waals surface area contributed by atoms with E-state index in [1.165, 1.54) is 5.69 Å². The molecule has 0 bridgehead atoms. The average molecular weight is 331 g/mol. The number of anilines is 1. The molecule has 2 N–H and O–H groups in total. The van der Waals surface area contributed by atoms with Crippen molar-refractivity contribution in [3.05, 3.63) is 29.8 Å². The van der Waals surface area contributed by atoms with Crippen molar-refractivity contribution in [2.75, 3.05) is 44.2 Å². The number of rotatable bonds is 5. The molecule has 2 fully saturated rings. The number of hydrogen-bond acceptors (Lipinski definition) is 5. The van der Waals surface area contributed by atoms with E-state index in [-0.39, 0.29) is 24.3 Å². The molecule has 6 nitrogen and oxygen atoms in total. The zero-order valence-corrected chi connectivity index (χ0v) is 13.9. The number of benzene rings is 1. The molecule has 2 aliphatic rings. The molecule has 24 heavy (non-hydrogen) atoms. The summed E-state index contributed by atoms with van der Waals surface area (Å²) in [6.45, 7) is 5.18. The van der Waals surface area contributed by atoms with Crippen LogP contribution in [0.1, 0.15) is 30.7 Å². The smallest absolute Gasteiger partial charge is 0.234 e. The summed E-state index contributed by atoms with van der Waals surface area (Å²) in [5, 5.41) is 11.3. The van der Waals surface area contributed by atoms with Crippen LogP contribution in [0.15, 0.2) is 24.3 Å². The van der Waals surface area contributed by atoms with E-state index in [9.17, 15) is 9.59 Å². The van der Waals surface area contributed by atoms with Crippen molar-refractivity contribution >= 4 is 17.5 Å². The van der Waals surface area contributed by atoms with E-state index in [4.69, 9.17) is 5.11 Å². The lowest BCUT2D eigenvalue weighted by molar-refractivity contribution is -0.134. The van der Waals surface area contributed by atoms with Crippen LogP contribution in [0.5, 0.6) is 0 Å². The van der Waals surface area contributed by atoms with Gasteiger partial charge in [-0.15, -0.1) is 0 Å². The number of hydrogen-bond donors (Lipinski definition) is 2. The van der Waals surface area contributed by atoms with Crippen molar-refractivity contribution in [3.63, 3.8) is 0 Å². The van der Waals surface area contributed by atoms with E-state index in [1.54, 1.807) is 0 Å². The van der Waals surface area contributed by atoms with Gasteiger partial charge in [-0.2, -0.15) is 0 Å². The molecular formula is C18H25N3O3. The number of piperidine rings is 1. The van der Waals surface area contributed by atoms with Crippen LogP contribution in [-0.2, 0) is 9.59 Å². The fourth-order valence-electron chi connectivity index (χ4n) is 3.45. The standard InChI is InChI=1S/C18H25N3O3/c22-13-1-8-20-9-11-21(12-10-20)15-4-2-14(3-5-15)16-6-7-17(23)19-18(16)24/h2-5,16,22H,1,6-13H2,(H,19,23,24). The summed E-state index contributed by atoms with van der Waals surface area (Å²) >= 11 is 0. The van der Waals surface area contributed by atoms with Gasteiger partial charge in [0.2, 0.25) is 11.8 Å². The minimum absolute atomic E-state index is 0.174. The molecule has 0 saturated carbocycles. The van der Waals surface area contributed by atoms with Crippen molar-refractivity contribution in [1.82, 2.24) is 10.2 Å². The molecule has 0 spiro atoms. The molecule has 0 aliphatic carbocycles. The first kappa shape index (κ1) is 16.9. The van der Waals surface area contributed by atoms with Crippen LogP contribution in [0.4, 0.5) is 5.69 Å². The molecule has 2 saturated heterocycles. The summed E-state index contributed by atoms with van der Waals surface area (Å²) in [5.41, 5.74) is 2.15. The number of nitrogens with one attached hydrogen (secondary N) is 1.